The second-order valence-corrected chi connectivity index (χ2v) is 4.89. The Kier molecular flexibility index (Phi) is 3.23. The van der Waals surface area contributed by atoms with E-state index in [1.807, 2.05) is 48.8 Å². The second kappa shape index (κ2) is 5.03. The van der Waals surface area contributed by atoms with E-state index in [2.05, 4.69) is 9.38 Å². The Bertz CT molecular complexity index is 718. The minimum Gasteiger partial charge on any atom is -0.326 e. The molecule has 1 aromatic carbocycles. The summed E-state index contributed by atoms with van der Waals surface area (Å²) in [5, 5.41) is 0.772. The highest BCUT2D eigenvalue weighted by Crippen LogP contribution is 2.19. The van der Waals surface area contributed by atoms with Crippen molar-refractivity contribution >= 4 is 17.1 Å². The summed E-state index contributed by atoms with van der Waals surface area (Å²) in [7, 11) is 0. The van der Waals surface area contributed by atoms with Gasteiger partial charge in [0.15, 0.2) is 0 Å². The first-order valence-electron chi connectivity index (χ1n) is 6.16. The molecule has 4 heteroatoms. The topological polar surface area (TPSA) is 43.3 Å². The molecule has 3 nitrogen and oxygen atoms in total. The van der Waals surface area contributed by atoms with Gasteiger partial charge in [0.2, 0.25) is 0 Å². The molecular weight excluding hydrogens is 258 g/mol. The molecule has 0 radical (unpaired) electrons. The summed E-state index contributed by atoms with van der Waals surface area (Å²) in [5.41, 5.74) is 8.92. The van der Waals surface area contributed by atoms with Crippen molar-refractivity contribution in [3.8, 4) is 0 Å². The number of aromatic nitrogens is 2. The van der Waals surface area contributed by atoms with Gasteiger partial charge in [-0.1, -0.05) is 35.9 Å². The Morgan fingerprint density at radius 1 is 1.16 bits per heavy atom. The predicted molar refractivity (Wildman–Crippen MR) is 77.3 cm³/mol. The molecule has 0 saturated heterocycles. The molecule has 0 atom stereocenters. The van der Waals surface area contributed by atoms with Crippen LogP contribution in [0, 0.1) is 0 Å². The maximum atomic E-state index is 6.19. The van der Waals surface area contributed by atoms with E-state index in [9.17, 15) is 0 Å². The number of pyridine rings is 1. The molecule has 0 aliphatic carbocycles. The van der Waals surface area contributed by atoms with E-state index in [1.165, 1.54) is 0 Å². The van der Waals surface area contributed by atoms with Crippen LogP contribution in [0.3, 0.4) is 0 Å². The highest BCUT2D eigenvalue weighted by molar-refractivity contribution is 6.31. The van der Waals surface area contributed by atoms with E-state index in [0.717, 1.165) is 27.5 Å². The van der Waals surface area contributed by atoms with Crippen molar-refractivity contribution in [3.63, 3.8) is 0 Å². The van der Waals surface area contributed by atoms with E-state index < -0.39 is 0 Å². The minimum absolute atomic E-state index is 0.527. The summed E-state index contributed by atoms with van der Waals surface area (Å²) >= 11 is 6.19. The van der Waals surface area contributed by atoms with Gasteiger partial charge in [0, 0.05) is 24.2 Å². The van der Waals surface area contributed by atoms with Crippen LogP contribution in [0.1, 0.15) is 17.0 Å². The molecule has 0 spiro atoms. The lowest BCUT2D eigenvalue weighted by Gasteiger charge is -2.05. The number of hydrogen-bond donors (Lipinski definition) is 1. The molecule has 0 fully saturated rings. The van der Waals surface area contributed by atoms with Gasteiger partial charge < -0.3 is 10.1 Å². The van der Waals surface area contributed by atoms with Gasteiger partial charge in [-0.25, -0.2) is 4.98 Å². The molecule has 0 bridgehead atoms. The SMILES string of the molecule is NCc1ccc2cnc(Cc3ccccc3Cl)n2c1. The maximum Gasteiger partial charge on any atom is 0.117 e. The van der Waals surface area contributed by atoms with E-state index in [1.54, 1.807) is 0 Å². The number of imidazole rings is 1. The quantitative estimate of drug-likeness (QED) is 0.796. The normalized spacial score (nSPS) is 11.1. The van der Waals surface area contributed by atoms with Crippen molar-refractivity contribution < 1.29 is 0 Å². The summed E-state index contributed by atoms with van der Waals surface area (Å²) in [5.74, 6) is 0.971. The molecule has 0 unspecified atom stereocenters. The average molecular weight is 272 g/mol. The van der Waals surface area contributed by atoms with E-state index in [-0.39, 0.29) is 0 Å². The molecule has 0 amide bonds. The van der Waals surface area contributed by atoms with Crippen molar-refractivity contribution in [2.24, 2.45) is 5.73 Å². The third-order valence-corrected chi connectivity index (χ3v) is 3.58. The molecule has 3 rings (SSSR count). The van der Waals surface area contributed by atoms with Gasteiger partial charge in [0.25, 0.3) is 0 Å². The smallest absolute Gasteiger partial charge is 0.117 e. The summed E-state index contributed by atoms with van der Waals surface area (Å²) in [4.78, 5) is 4.47. The Morgan fingerprint density at radius 2 is 2.00 bits per heavy atom. The van der Waals surface area contributed by atoms with Gasteiger partial charge in [-0.15, -0.1) is 0 Å². The van der Waals surface area contributed by atoms with Crippen molar-refractivity contribution in [1.29, 1.82) is 0 Å². The molecule has 0 aliphatic rings. The van der Waals surface area contributed by atoms with Crippen LogP contribution in [0.2, 0.25) is 5.02 Å². The minimum atomic E-state index is 0.527. The standard InChI is InChI=1S/C15H14ClN3/c16-14-4-2-1-3-12(14)7-15-18-9-13-6-5-11(8-17)10-19(13)15/h1-6,9-10H,7-8,17H2. The number of halogens is 1. The van der Waals surface area contributed by atoms with E-state index in [4.69, 9.17) is 17.3 Å². The number of benzene rings is 1. The third-order valence-electron chi connectivity index (χ3n) is 3.21. The zero-order valence-electron chi connectivity index (χ0n) is 10.4. The maximum absolute atomic E-state index is 6.19. The average Bonchev–Trinajstić information content (AvgIpc) is 2.84. The zero-order valence-corrected chi connectivity index (χ0v) is 11.1. The van der Waals surface area contributed by atoms with E-state index >= 15 is 0 Å². The summed E-state index contributed by atoms with van der Waals surface area (Å²) in [6.07, 6.45) is 4.61. The zero-order chi connectivity index (χ0) is 13.2. The highest BCUT2D eigenvalue weighted by atomic mass is 35.5. The van der Waals surface area contributed by atoms with Crippen LogP contribution in [0.25, 0.3) is 5.52 Å². The predicted octanol–water partition coefficient (Wildman–Crippen LogP) is 3.04. The van der Waals surface area contributed by atoms with Crippen LogP contribution in [-0.4, -0.2) is 9.38 Å². The van der Waals surface area contributed by atoms with Crippen LogP contribution in [0.15, 0.2) is 48.8 Å². The summed E-state index contributed by atoms with van der Waals surface area (Å²) < 4.78 is 2.07. The van der Waals surface area contributed by atoms with Gasteiger partial charge in [-0.3, -0.25) is 0 Å². The number of fused-ring (bicyclic) bond motifs is 1. The van der Waals surface area contributed by atoms with Crippen molar-refractivity contribution in [2.75, 3.05) is 0 Å². The molecule has 96 valence electrons. The molecule has 2 heterocycles. The third kappa shape index (κ3) is 2.35. The second-order valence-electron chi connectivity index (χ2n) is 4.48. The molecule has 3 aromatic rings. The molecule has 0 aliphatic heterocycles. The van der Waals surface area contributed by atoms with Crippen LogP contribution in [-0.2, 0) is 13.0 Å². The Morgan fingerprint density at radius 3 is 2.79 bits per heavy atom. The molecular formula is C15H14ClN3. The fraction of sp³-hybridized carbons (Fsp3) is 0.133. The summed E-state index contributed by atoms with van der Waals surface area (Å²) in [6.45, 7) is 0.527. The first kappa shape index (κ1) is 12.2. The Balaban J connectivity index is 2.03. The monoisotopic (exact) mass is 271 g/mol. The first-order chi connectivity index (χ1) is 9.28. The Labute approximate surface area is 116 Å². The first-order valence-corrected chi connectivity index (χ1v) is 6.54. The van der Waals surface area contributed by atoms with Crippen molar-refractivity contribution in [2.45, 2.75) is 13.0 Å². The number of rotatable bonds is 3. The number of nitrogens with two attached hydrogens (primary N) is 1. The van der Waals surface area contributed by atoms with Crippen molar-refractivity contribution in [1.82, 2.24) is 9.38 Å². The van der Waals surface area contributed by atoms with Crippen LogP contribution in [0.4, 0.5) is 0 Å². The molecule has 0 saturated carbocycles. The van der Waals surface area contributed by atoms with Crippen LogP contribution >= 0.6 is 11.6 Å². The largest absolute Gasteiger partial charge is 0.326 e. The lowest BCUT2D eigenvalue weighted by atomic mass is 10.1. The number of hydrogen-bond acceptors (Lipinski definition) is 2. The van der Waals surface area contributed by atoms with E-state index in [0.29, 0.717) is 13.0 Å². The van der Waals surface area contributed by atoms with Gasteiger partial charge >= 0.3 is 0 Å². The van der Waals surface area contributed by atoms with Gasteiger partial charge in [-0.2, -0.15) is 0 Å². The molecule has 19 heavy (non-hydrogen) atoms. The van der Waals surface area contributed by atoms with Gasteiger partial charge in [0.05, 0.1) is 11.7 Å². The molecule has 2 aromatic heterocycles. The molecule has 2 N–H and O–H groups in total. The van der Waals surface area contributed by atoms with Crippen LogP contribution < -0.4 is 5.73 Å². The fourth-order valence-electron chi connectivity index (χ4n) is 2.15. The lowest BCUT2D eigenvalue weighted by Crippen LogP contribution is -2.01. The number of nitrogens with zero attached hydrogens (tertiary/aromatic N) is 2. The Hall–Kier alpha value is -1.84. The van der Waals surface area contributed by atoms with Crippen LogP contribution in [0.5, 0.6) is 0 Å². The van der Waals surface area contributed by atoms with Crippen molar-refractivity contribution in [3.05, 3.63) is 70.8 Å². The van der Waals surface area contributed by atoms with Gasteiger partial charge in [-0.05, 0) is 23.3 Å². The highest BCUT2D eigenvalue weighted by Gasteiger charge is 2.07. The summed E-state index contributed by atoms with van der Waals surface area (Å²) in [6, 6.07) is 11.9. The van der Waals surface area contributed by atoms with Gasteiger partial charge in [0.1, 0.15) is 5.82 Å². The fourth-order valence-corrected chi connectivity index (χ4v) is 2.35. The lowest BCUT2D eigenvalue weighted by molar-refractivity contribution is 0.939.